The van der Waals surface area contributed by atoms with Crippen LogP contribution in [-0.2, 0) is 4.74 Å². The molecule has 1 aliphatic carbocycles. The molecule has 12 heteroatoms. The highest BCUT2D eigenvalue weighted by atomic mass is 16.6. The first kappa shape index (κ1) is 32.3. The van der Waals surface area contributed by atoms with Gasteiger partial charge in [-0.3, -0.25) is 14.5 Å². The molecule has 2 N–H and O–H groups in total. The fourth-order valence-electron chi connectivity index (χ4n) is 7.10. The molecular formula is C34H48N8O4. The minimum atomic E-state index is -0.896. The van der Waals surface area contributed by atoms with Gasteiger partial charge < -0.3 is 29.5 Å². The van der Waals surface area contributed by atoms with E-state index in [0.717, 1.165) is 62.6 Å². The van der Waals surface area contributed by atoms with Crippen LogP contribution in [0.5, 0.6) is 0 Å². The maximum atomic E-state index is 13.3. The van der Waals surface area contributed by atoms with Gasteiger partial charge in [0.15, 0.2) is 0 Å². The smallest absolute Gasteiger partial charge is 0.270 e. The van der Waals surface area contributed by atoms with Gasteiger partial charge in [0.2, 0.25) is 12.4 Å². The van der Waals surface area contributed by atoms with E-state index in [0.29, 0.717) is 36.1 Å². The number of hydrogen-bond acceptors (Lipinski definition) is 9. The van der Waals surface area contributed by atoms with Gasteiger partial charge in [0.1, 0.15) is 17.2 Å². The lowest BCUT2D eigenvalue weighted by molar-refractivity contribution is -0.277. The van der Waals surface area contributed by atoms with Gasteiger partial charge in [-0.15, -0.1) is 0 Å². The van der Waals surface area contributed by atoms with Crippen LogP contribution >= 0.6 is 0 Å². The quantitative estimate of drug-likeness (QED) is 0.279. The number of carbonyl (C=O) groups is 2. The topological polar surface area (TPSA) is 129 Å². The standard InChI is InChI=1S/C34H48N8O4/c1-33(2,3)46-32(45)41-21-34(22-41)14-16-40(17-15-34)29(43)23-12-13-27(35-19-23)37-31-36-20-24-18-26(30(44)39(4)5)42(28(24)38-31)25-10-8-6-7-9-11-25/h12-13,18-20,25,32,45H,6-11,14-17,21-22H2,1-5H3,(H,35,36,37,38). The number of rotatable bonds is 7. The predicted molar refractivity (Wildman–Crippen MR) is 176 cm³/mol. The number of ether oxygens (including phenoxy) is 1. The van der Waals surface area contributed by atoms with Crippen LogP contribution < -0.4 is 5.32 Å². The number of aromatic nitrogens is 4. The lowest BCUT2D eigenvalue weighted by Crippen LogP contribution is -2.64. The zero-order chi connectivity index (χ0) is 32.6. The molecule has 248 valence electrons. The second-order valence-electron chi connectivity index (χ2n) is 14.5. The summed E-state index contributed by atoms with van der Waals surface area (Å²) in [4.78, 5) is 45.8. The van der Waals surface area contributed by atoms with Gasteiger partial charge in [0.05, 0.1) is 11.2 Å². The molecule has 0 aromatic carbocycles. The Hall–Kier alpha value is -3.61. The molecule has 2 amide bonds. The number of carbonyl (C=O) groups excluding carboxylic acids is 2. The molecule has 2 aliphatic heterocycles. The van der Waals surface area contributed by atoms with E-state index in [4.69, 9.17) is 9.72 Å². The summed E-state index contributed by atoms with van der Waals surface area (Å²) in [6.07, 6.45) is 11.0. The molecule has 3 fully saturated rings. The first-order chi connectivity index (χ1) is 21.9. The summed E-state index contributed by atoms with van der Waals surface area (Å²) in [5.74, 6) is 0.862. The normalized spacial score (nSPS) is 19.9. The number of pyridine rings is 1. The van der Waals surface area contributed by atoms with Crippen molar-refractivity contribution >= 4 is 34.6 Å². The van der Waals surface area contributed by atoms with Crippen molar-refractivity contribution in [2.75, 3.05) is 45.6 Å². The third-order valence-corrected chi connectivity index (χ3v) is 9.60. The maximum Gasteiger partial charge on any atom is 0.270 e. The highest BCUT2D eigenvalue weighted by Gasteiger charge is 2.48. The van der Waals surface area contributed by atoms with Crippen molar-refractivity contribution in [3.63, 3.8) is 0 Å². The highest BCUT2D eigenvalue weighted by molar-refractivity contribution is 5.98. The fraction of sp³-hybridized carbons (Fsp3) is 0.618. The van der Waals surface area contributed by atoms with Crippen LogP contribution in [0.1, 0.15) is 99.0 Å². The molecule has 1 unspecified atom stereocenters. The minimum Gasteiger partial charge on any atom is -0.356 e. The van der Waals surface area contributed by atoms with Gasteiger partial charge in [0, 0.05) is 64.1 Å². The van der Waals surface area contributed by atoms with Gasteiger partial charge in [0.25, 0.3) is 11.8 Å². The third-order valence-electron chi connectivity index (χ3n) is 9.60. The van der Waals surface area contributed by atoms with Crippen molar-refractivity contribution in [2.24, 2.45) is 5.41 Å². The Bertz CT molecular complexity index is 1540. The summed E-state index contributed by atoms with van der Waals surface area (Å²) in [6.45, 7) is 8.71. The first-order valence-electron chi connectivity index (χ1n) is 16.6. The Morgan fingerprint density at radius 3 is 2.35 bits per heavy atom. The Kier molecular flexibility index (Phi) is 9.06. The maximum absolute atomic E-state index is 13.3. The summed E-state index contributed by atoms with van der Waals surface area (Å²) >= 11 is 0. The number of amides is 2. The summed E-state index contributed by atoms with van der Waals surface area (Å²) < 4.78 is 7.81. The number of aliphatic hydroxyl groups is 1. The van der Waals surface area contributed by atoms with Crippen molar-refractivity contribution in [3.8, 4) is 0 Å². The number of hydrogen-bond donors (Lipinski definition) is 2. The minimum absolute atomic E-state index is 0.0295. The molecule has 1 atom stereocenters. The van der Waals surface area contributed by atoms with Crippen LogP contribution in [0.3, 0.4) is 0 Å². The Labute approximate surface area is 271 Å². The second-order valence-corrected chi connectivity index (χ2v) is 14.5. The number of fused-ring (bicyclic) bond motifs is 1. The molecule has 3 aromatic heterocycles. The van der Waals surface area contributed by atoms with Gasteiger partial charge in [-0.2, -0.15) is 4.98 Å². The van der Waals surface area contributed by atoms with Crippen molar-refractivity contribution < 1.29 is 19.4 Å². The Morgan fingerprint density at radius 1 is 1.04 bits per heavy atom. The van der Waals surface area contributed by atoms with Crippen molar-refractivity contribution in [1.82, 2.24) is 34.2 Å². The molecule has 12 nitrogen and oxygen atoms in total. The third kappa shape index (κ3) is 6.89. The van der Waals surface area contributed by atoms with E-state index in [1.54, 1.807) is 43.5 Å². The van der Waals surface area contributed by atoms with Crippen LogP contribution in [0.4, 0.5) is 11.8 Å². The average Bonchev–Trinajstić information content (AvgIpc) is 3.16. The molecule has 0 radical (unpaired) electrons. The Morgan fingerprint density at radius 2 is 1.74 bits per heavy atom. The van der Waals surface area contributed by atoms with Gasteiger partial charge >= 0.3 is 0 Å². The number of anilines is 2. The zero-order valence-corrected chi connectivity index (χ0v) is 27.8. The average molecular weight is 633 g/mol. The molecule has 46 heavy (non-hydrogen) atoms. The predicted octanol–water partition coefficient (Wildman–Crippen LogP) is 4.80. The largest absolute Gasteiger partial charge is 0.356 e. The number of piperidine rings is 1. The molecule has 1 saturated carbocycles. The van der Waals surface area contributed by atoms with Gasteiger partial charge in [-0.1, -0.05) is 25.7 Å². The lowest BCUT2D eigenvalue weighted by Gasteiger charge is -2.55. The summed E-state index contributed by atoms with van der Waals surface area (Å²) in [5.41, 5.74) is 1.65. The highest BCUT2D eigenvalue weighted by Crippen LogP contribution is 2.42. The summed E-state index contributed by atoms with van der Waals surface area (Å²) in [7, 11) is 3.55. The van der Waals surface area contributed by atoms with E-state index in [2.05, 4.69) is 19.9 Å². The van der Waals surface area contributed by atoms with E-state index in [9.17, 15) is 14.7 Å². The summed E-state index contributed by atoms with van der Waals surface area (Å²) in [6, 6.07) is 5.68. The molecule has 0 bridgehead atoms. The summed E-state index contributed by atoms with van der Waals surface area (Å²) in [5, 5.41) is 14.4. The monoisotopic (exact) mass is 632 g/mol. The number of aliphatic hydroxyl groups excluding tert-OH is 1. The van der Waals surface area contributed by atoms with Gasteiger partial charge in [-0.25, -0.2) is 9.97 Å². The molecular weight excluding hydrogens is 584 g/mol. The van der Waals surface area contributed by atoms with Crippen molar-refractivity contribution in [1.29, 1.82) is 0 Å². The van der Waals surface area contributed by atoms with Crippen LogP contribution in [0.2, 0.25) is 0 Å². The number of nitrogens with zero attached hydrogens (tertiary/aromatic N) is 7. The Balaban J connectivity index is 1.10. The van der Waals surface area contributed by atoms with Crippen LogP contribution in [0.25, 0.3) is 11.0 Å². The molecule has 6 rings (SSSR count). The van der Waals surface area contributed by atoms with Crippen LogP contribution in [0, 0.1) is 5.41 Å². The SMILES string of the molecule is CN(C)C(=O)c1cc2cnc(Nc3ccc(C(=O)N4CCC5(CC4)CN(C(O)OC(C)(C)C)C5)cn3)nc2n1C1CCCCCC1. The van der Waals surface area contributed by atoms with E-state index in [-0.39, 0.29) is 23.3 Å². The van der Waals surface area contributed by atoms with Gasteiger partial charge in [-0.05, 0) is 70.1 Å². The zero-order valence-electron chi connectivity index (χ0n) is 27.8. The lowest BCUT2D eigenvalue weighted by atomic mass is 9.72. The van der Waals surface area contributed by atoms with Crippen molar-refractivity contribution in [2.45, 2.75) is 90.2 Å². The van der Waals surface area contributed by atoms with E-state index >= 15 is 0 Å². The van der Waals surface area contributed by atoms with Crippen LogP contribution in [0.15, 0.2) is 30.6 Å². The molecule has 2 saturated heterocycles. The van der Waals surface area contributed by atoms with E-state index in [1.807, 2.05) is 36.6 Å². The number of likely N-dealkylation sites (tertiary alicyclic amines) is 2. The molecule has 3 aromatic rings. The van der Waals surface area contributed by atoms with E-state index in [1.165, 1.54) is 12.8 Å². The molecule has 3 aliphatic rings. The molecule has 5 heterocycles. The van der Waals surface area contributed by atoms with Crippen LogP contribution in [-0.4, -0.2) is 103 Å². The molecule has 1 spiro atoms. The second kappa shape index (κ2) is 12.9. The number of nitrogens with one attached hydrogen (secondary N) is 1. The fourth-order valence-corrected chi connectivity index (χ4v) is 7.10. The first-order valence-corrected chi connectivity index (χ1v) is 16.6. The van der Waals surface area contributed by atoms with E-state index < -0.39 is 12.0 Å². The van der Waals surface area contributed by atoms with Crippen molar-refractivity contribution in [3.05, 3.63) is 41.9 Å².